The third-order valence-corrected chi connectivity index (χ3v) is 7.61. The van der Waals surface area contributed by atoms with E-state index in [1.165, 1.54) is 12.5 Å². The van der Waals surface area contributed by atoms with Gasteiger partial charge in [-0.1, -0.05) is 12.1 Å². The molecule has 1 saturated carbocycles. The molecule has 0 amide bonds. The number of hydrogen-bond donors (Lipinski definition) is 3. The minimum absolute atomic E-state index is 0.0338. The third-order valence-electron chi connectivity index (χ3n) is 5.82. The van der Waals surface area contributed by atoms with Gasteiger partial charge < -0.3 is 10.1 Å². The van der Waals surface area contributed by atoms with Crippen molar-refractivity contribution in [3.63, 3.8) is 0 Å². The topological polar surface area (TPSA) is 156 Å². The van der Waals surface area contributed by atoms with Crippen LogP contribution in [0.2, 0.25) is 0 Å². The summed E-state index contributed by atoms with van der Waals surface area (Å²) in [5.41, 5.74) is 2.02. The molecule has 4 rings (SSSR count). The Balaban J connectivity index is 1.43. The number of aromatic nitrogens is 4. The SMILES string of the molecule is CS(=O)(=O)CCCOc1cccc2c(-c3ccnc(N[C@H]4CC[C@H](NS(C)(=O)=O)CC4)n3)n[nH]c12. The average Bonchev–Trinajstić information content (AvgIpc) is 3.22. The van der Waals surface area contributed by atoms with E-state index in [1.54, 1.807) is 12.3 Å². The quantitative estimate of drug-likeness (QED) is 0.339. The number of ether oxygens (including phenoxy) is 1. The zero-order chi connectivity index (χ0) is 25.1. The molecule has 0 unspecified atom stereocenters. The summed E-state index contributed by atoms with van der Waals surface area (Å²) < 4.78 is 54.0. The molecule has 190 valence electrons. The van der Waals surface area contributed by atoms with Crippen LogP contribution in [0.5, 0.6) is 5.75 Å². The van der Waals surface area contributed by atoms with Crippen molar-refractivity contribution in [2.75, 3.05) is 30.2 Å². The Bertz CT molecular complexity index is 1380. The van der Waals surface area contributed by atoms with Crippen molar-refractivity contribution in [3.05, 3.63) is 30.5 Å². The number of hydrogen-bond acceptors (Lipinski definition) is 9. The Labute approximate surface area is 205 Å². The number of para-hydroxylation sites is 1. The van der Waals surface area contributed by atoms with E-state index in [1.807, 2.05) is 18.2 Å². The molecule has 1 fully saturated rings. The zero-order valence-corrected chi connectivity index (χ0v) is 21.3. The van der Waals surface area contributed by atoms with Gasteiger partial charge in [-0.15, -0.1) is 0 Å². The highest BCUT2D eigenvalue weighted by atomic mass is 32.2. The predicted octanol–water partition coefficient (Wildman–Crippen LogP) is 2.11. The highest BCUT2D eigenvalue weighted by Gasteiger charge is 2.24. The molecule has 0 atom stereocenters. The fraction of sp³-hybridized carbons (Fsp3) is 0.500. The van der Waals surface area contributed by atoms with Gasteiger partial charge in [-0.25, -0.2) is 31.5 Å². The van der Waals surface area contributed by atoms with E-state index in [-0.39, 0.29) is 24.4 Å². The van der Waals surface area contributed by atoms with Crippen molar-refractivity contribution in [2.24, 2.45) is 0 Å². The van der Waals surface area contributed by atoms with Gasteiger partial charge in [-0.05, 0) is 44.2 Å². The van der Waals surface area contributed by atoms with Crippen LogP contribution in [0.25, 0.3) is 22.3 Å². The van der Waals surface area contributed by atoms with Crippen LogP contribution in [0.4, 0.5) is 5.95 Å². The Kier molecular flexibility index (Phi) is 7.57. The number of sulfone groups is 1. The number of H-pyrrole nitrogens is 1. The molecule has 0 bridgehead atoms. The number of nitrogens with zero attached hydrogens (tertiary/aromatic N) is 3. The minimum atomic E-state index is -3.20. The van der Waals surface area contributed by atoms with Crippen LogP contribution in [-0.4, -0.2) is 74.0 Å². The molecular formula is C22H30N6O5S2. The Morgan fingerprint density at radius 2 is 1.80 bits per heavy atom. The molecule has 1 aliphatic carbocycles. The summed E-state index contributed by atoms with van der Waals surface area (Å²) >= 11 is 0. The molecule has 11 nitrogen and oxygen atoms in total. The van der Waals surface area contributed by atoms with Crippen LogP contribution >= 0.6 is 0 Å². The standard InChI is InChI=1S/C22H30N6O5S2/c1-34(29,30)14-4-13-33-19-6-3-5-17-20(26-27-21(17)19)18-11-12-23-22(25-18)24-15-7-9-16(10-8-15)28-35(2,31)32/h3,5-6,11-12,15-16,28H,4,7-10,13-14H2,1-2H3,(H,26,27)(H,23,24,25)/t15-,16-. The molecule has 1 aromatic carbocycles. The molecule has 0 spiro atoms. The lowest BCUT2D eigenvalue weighted by Crippen LogP contribution is -2.39. The smallest absolute Gasteiger partial charge is 0.223 e. The molecule has 2 aromatic heterocycles. The second kappa shape index (κ2) is 10.5. The maximum Gasteiger partial charge on any atom is 0.223 e. The van der Waals surface area contributed by atoms with Gasteiger partial charge >= 0.3 is 0 Å². The number of anilines is 1. The number of rotatable bonds is 10. The highest BCUT2D eigenvalue weighted by Crippen LogP contribution is 2.31. The van der Waals surface area contributed by atoms with Gasteiger partial charge in [0.2, 0.25) is 16.0 Å². The Morgan fingerprint density at radius 1 is 1.06 bits per heavy atom. The molecule has 0 aliphatic heterocycles. The van der Waals surface area contributed by atoms with Crippen LogP contribution < -0.4 is 14.8 Å². The zero-order valence-electron chi connectivity index (χ0n) is 19.7. The van der Waals surface area contributed by atoms with Gasteiger partial charge in [0.05, 0.1) is 24.3 Å². The van der Waals surface area contributed by atoms with E-state index in [4.69, 9.17) is 4.74 Å². The van der Waals surface area contributed by atoms with E-state index >= 15 is 0 Å². The molecule has 13 heteroatoms. The van der Waals surface area contributed by atoms with E-state index in [2.05, 4.69) is 30.2 Å². The van der Waals surface area contributed by atoms with Crippen LogP contribution in [0.15, 0.2) is 30.5 Å². The Hall–Kier alpha value is -2.77. The summed E-state index contributed by atoms with van der Waals surface area (Å²) in [7, 11) is -6.23. The van der Waals surface area contributed by atoms with Gasteiger partial charge in [-0.3, -0.25) is 5.10 Å². The third kappa shape index (κ3) is 7.12. The molecule has 3 N–H and O–H groups in total. The van der Waals surface area contributed by atoms with Crippen molar-refractivity contribution in [2.45, 2.75) is 44.2 Å². The number of fused-ring (bicyclic) bond motifs is 1. The lowest BCUT2D eigenvalue weighted by atomic mass is 9.92. The summed E-state index contributed by atoms with van der Waals surface area (Å²) in [5.74, 6) is 1.16. The highest BCUT2D eigenvalue weighted by molar-refractivity contribution is 7.90. The van der Waals surface area contributed by atoms with E-state index in [0.717, 1.165) is 31.1 Å². The van der Waals surface area contributed by atoms with E-state index in [0.29, 0.717) is 35.0 Å². The second-order valence-electron chi connectivity index (χ2n) is 8.93. The van der Waals surface area contributed by atoms with Gasteiger partial charge in [-0.2, -0.15) is 5.10 Å². The lowest BCUT2D eigenvalue weighted by molar-refractivity contribution is 0.321. The monoisotopic (exact) mass is 522 g/mol. The van der Waals surface area contributed by atoms with Crippen molar-refractivity contribution in [1.82, 2.24) is 24.9 Å². The first-order chi connectivity index (χ1) is 16.6. The van der Waals surface area contributed by atoms with Crippen LogP contribution in [0.3, 0.4) is 0 Å². The van der Waals surface area contributed by atoms with Crippen LogP contribution in [0, 0.1) is 0 Å². The number of nitrogens with one attached hydrogen (secondary N) is 3. The maximum absolute atomic E-state index is 11.5. The first-order valence-corrected chi connectivity index (χ1v) is 15.4. The summed E-state index contributed by atoms with van der Waals surface area (Å²) in [6.45, 7) is 0.282. The summed E-state index contributed by atoms with van der Waals surface area (Å²) in [6.07, 6.45) is 7.60. The first-order valence-electron chi connectivity index (χ1n) is 11.4. The molecule has 1 aliphatic rings. The van der Waals surface area contributed by atoms with Crippen molar-refractivity contribution >= 4 is 36.7 Å². The fourth-order valence-electron chi connectivity index (χ4n) is 4.24. The van der Waals surface area contributed by atoms with Crippen molar-refractivity contribution in [1.29, 1.82) is 0 Å². The van der Waals surface area contributed by atoms with Crippen molar-refractivity contribution in [3.8, 4) is 17.1 Å². The molecule has 35 heavy (non-hydrogen) atoms. The van der Waals surface area contributed by atoms with Crippen LogP contribution in [-0.2, 0) is 19.9 Å². The number of aromatic amines is 1. The molecule has 0 saturated heterocycles. The van der Waals surface area contributed by atoms with Gasteiger partial charge in [0.1, 0.15) is 26.8 Å². The largest absolute Gasteiger partial charge is 0.491 e. The summed E-state index contributed by atoms with van der Waals surface area (Å²) in [5, 5.41) is 11.6. The summed E-state index contributed by atoms with van der Waals surface area (Å²) in [4.78, 5) is 8.99. The average molecular weight is 523 g/mol. The maximum atomic E-state index is 11.5. The normalized spacial score (nSPS) is 19.0. The van der Waals surface area contributed by atoms with Gasteiger partial charge in [0.25, 0.3) is 0 Å². The number of sulfonamides is 1. The molecule has 2 heterocycles. The predicted molar refractivity (Wildman–Crippen MR) is 135 cm³/mol. The van der Waals surface area contributed by atoms with E-state index < -0.39 is 19.9 Å². The second-order valence-corrected chi connectivity index (χ2v) is 13.0. The van der Waals surface area contributed by atoms with Gasteiger partial charge in [0, 0.05) is 29.9 Å². The molecule has 3 aromatic rings. The first kappa shape index (κ1) is 25.3. The van der Waals surface area contributed by atoms with E-state index in [9.17, 15) is 16.8 Å². The van der Waals surface area contributed by atoms with Crippen molar-refractivity contribution < 1.29 is 21.6 Å². The molecule has 0 radical (unpaired) electrons. The fourth-order valence-corrected chi connectivity index (χ4v) is 5.72. The summed E-state index contributed by atoms with van der Waals surface area (Å²) in [6, 6.07) is 7.50. The minimum Gasteiger partial charge on any atom is -0.491 e. The molecular weight excluding hydrogens is 492 g/mol. The van der Waals surface area contributed by atoms with Gasteiger partial charge in [0.15, 0.2) is 0 Å². The number of benzene rings is 1. The lowest BCUT2D eigenvalue weighted by Gasteiger charge is -2.29. The van der Waals surface area contributed by atoms with Crippen LogP contribution in [0.1, 0.15) is 32.1 Å². The Morgan fingerprint density at radius 3 is 2.51 bits per heavy atom.